The second-order valence-electron chi connectivity index (χ2n) is 3.90. The van der Waals surface area contributed by atoms with Gasteiger partial charge in [-0.05, 0) is 19.9 Å². The summed E-state index contributed by atoms with van der Waals surface area (Å²) in [6.45, 7) is 1.68. The van der Waals surface area contributed by atoms with E-state index in [0.717, 1.165) is 0 Å². The number of hydrogen-bond acceptors (Lipinski definition) is 2. The van der Waals surface area contributed by atoms with E-state index in [1.54, 1.807) is 0 Å². The number of nitrogens with one attached hydrogen (secondary N) is 1. The molecule has 1 amide bonds. The van der Waals surface area contributed by atoms with Crippen LogP contribution in [0.4, 0.5) is 22.0 Å². The van der Waals surface area contributed by atoms with Crippen molar-refractivity contribution in [2.75, 3.05) is 6.54 Å². The summed E-state index contributed by atoms with van der Waals surface area (Å²) in [5.74, 6) is -12.3. The Hall–Kier alpha value is -1.70. The van der Waals surface area contributed by atoms with Crippen LogP contribution in [0.5, 0.6) is 0 Å². The van der Waals surface area contributed by atoms with Crippen LogP contribution in [-0.4, -0.2) is 18.5 Å². The Labute approximate surface area is 105 Å². The minimum Gasteiger partial charge on any atom is -0.349 e. The zero-order valence-electron chi connectivity index (χ0n) is 9.87. The number of halogens is 5. The first-order chi connectivity index (χ1) is 8.81. The topological polar surface area (TPSA) is 55.1 Å². The Kier molecular flexibility index (Phi) is 4.82. The lowest BCUT2D eigenvalue weighted by Crippen LogP contribution is -2.35. The predicted octanol–water partition coefficient (Wildman–Crippen LogP) is 1.85. The Balaban J connectivity index is 3.17. The van der Waals surface area contributed by atoms with Gasteiger partial charge in [0.05, 0.1) is 0 Å². The van der Waals surface area contributed by atoms with E-state index in [1.807, 2.05) is 0 Å². The van der Waals surface area contributed by atoms with Gasteiger partial charge in [0, 0.05) is 6.04 Å². The molecule has 3 nitrogen and oxygen atoms in total. The van der Waals surface area contributed by atoms with E-state index in [1.165, 1.54) is 6.92 Å². The van der Waals surface area contributed by atoms with E-state index < -0.39 is 46.6 Å². The molecule has 0 fully saturated rings. The van der Waals surface area contributed by atoms with Gasteiger partial charge in [0.2, 0.25) is 5.82 Å². The summed E-state index contributed by atoms with van der Waals surface area (Å²) in [7, 11) is 0. The first-order valence-electron chi connectivity index (χ1n) is 5.33. The van der Waals surface area contributed by atoms with Gasteiger partial charge in [-0.1, -0.05) is 0 Å². The molecule has 0 saturated carbocycles. The molecule has 3 N–H and O–H groups in total. The summed E-state index contributed by atoms with van der Waals surface area (Å²) in [4.78, 5) is 11.5. The normalized spacial score (nSPS) is 12.4. The van der Waals surface area contributed by atoms with Gasteiger partial charge in [-0.25, -0.2) is 22.0 Å². The van der Waals surface area contributed by atoms with Crippen LogP contribution < -0.4 is 11.1 Å². The van der Waals surface area contributed by atoms with Crippen LogP contribution >= 0.6 is 0 Å². The third kappa shape index (κ3) is 3.01. The lowest BCUT2D eigenvalue weighted by atomic mass is 10.1. The van der Waals surface area contributed by atoms with Gasteiger partial charge in [0.25, 0.3) is 5.91 Å². The maximum atomic E-state index is 13.3. The summed E-state index contributed by atoms with van der Waals surface area (Å²) in [5.41, 5.74) is 3.70. The minimum atomic E-state index is -2.30. The monoisotopic (exact) mass is 282 g/mol. The predicted molar refractivity (Wildman–Crippen MR) is 56.8 cm³/mol. The van der Waals surface area contributed by atoms with E-state index >= 15 is 0 Å². The van der Waals surface area contributed by atoms with E-state index in [0.29, 0.717) is 6.42 Å². The van der Waals surface area contributed by atoms with Crippen LogP contribution in [0, 0.1) is 29.1 Å². The van der Waals surface area contributed by atoms with E-state index in [9.17, 15) is 26.7 Å². The van der Waals surface area contributed by atoms with Gasteiger partial charge in [0.15, 0.2) is 23.3 Å². The smallest absolute Gasteiger partial charge is 0.257 e. The van der Waals surface area contributed by atoms with Gasteiger partial charge >= 0.3 is 0 Å². The molecule has 106 valence electrons. The van der Waals surface area contributed by atoms with Crippen molar-refractivity contribution in [2.24, 2.45) is 5.73 Å². The second-order valence-corrected chi connectivity index (χ2v) is 3.90. The largest absolute Gasteiger partial charge is 0.349 e. The molecule has 0 aliphatic carbocycles. The number of benzene rings is 1. The van der Waals surface area contributed by atoms with E-state index in [4.69, 9.17) is 5.73 Å². The van der Waals surface area contributed by atoms with Crippen molar-refractivity contribution >= 4 is 5.91 Å². The summed E-state index contributed by atoms with van der Waals surface area (Å²) in [6.07, 6.45) is 0.293. The number of hydrogen-bond donors (Lipinski definition) is 2. The molecule has 0 spiro atoms. The van der Waals surface area contributed by atoms with E-state index in [2.05, 4.69) is 5.32 Å². The van der Waals surface area contributed by atoms with Crippen molar-refractivity contribution < 1.29 is 26.7 Å². The number of nitrogens with two attached hydrogens (primary N) is 1. The molecule has 1 unspecified atom stereocenters. The van der Waals surface area contributed by atoms with Crippen LogP contribution in [0.2, 0.25) is 0 Å². The average Bonchev–Trinajstić information content (AvgIpc) is 2.34. The van der Waals surface area contributed by atoms with Crippen molar-refractivity contribution in [3.63, 3.8) is 0 Å². The maximum Gasteiger partial charge on any atom is 0.257 e. The highest BCUT2D eigenvalue weighted by Crippen LogP contribution is 2.22. The van der Waals surface area contributed by atoms with Gasteiger partial charge in [-0.2, -0.15) is 0 Å². The molecule has 0 aliphatic heterocycles. The molecule has 0 aromatic heterocycles. The van der Waals surface area contributed by atoms with Gasteiger partial charge in [0.1, 0.15) is 5.56 Å². The molecule has 0 aliphatic rings. The molecule has 1 rings (SSSR count). The summed E-state index contributed by atoms with van der Waals surface area (Å²) < 4.78 is 65.1. The molecule has 19 heavy (non-hydrogen) atoms. The third-order valence-electron chi connectivity index (χ3n) is 2.41. The Morgan fingerprint density at radius 1 is 1.05 bits per heavy atom. The molecule has 0 saturated heterocycles. The number of rotatable bonds is 4. The first-order valence-corrected chi connectivity index (χ1v) is 5.33. The zero-order chi connectivity index (χ0) is 14.7. The molecular weight excluding hydrogens is 271 g/mol. The molecule has 1 atom stereocenters. The van der Waals surface area contributed by atoms with Crippen LogP contribution in [-0.2, 0) is 0 Å². The molecular formula is C11H11F5N2O. The Morgan fingerprint density at radius 2 is 1.47 bits per heavy atom. The SMILES string of the molecule is CC(CCN)NC(=O)c1c(F)c(F)c(F)c(F)c1F. The molecule has 0 heterocycles. The van der Waals surface area contributed by atoms with Crippen molar-refractivity contribution in [1.29, 1.82) is 0 Å². The fourth-order valence-electron chi connectivity index (χ4n) is 1.42. The standard InChI is InChI=1S/C11H11F5N2O/c1-4(2-3-17)18-11(19)5-6(12)8(14)10(16)9(15)7(5)13/h4H,2-3,17H2,1H3,(H,18,19). The maximum absolute atomic E-state index is 13.3. The first kappa shape index (κ1) is 15.4. The highest BCUT2D eigenvalue weighted by atomic mass is 19.2. The lowest BCUT2D eigenvalue weighted by molar-refractivity contribution is 0.0927. The van der Waals surface area contributed by atoms with Crippen molar-refractivity contribution in [3.05, 3.63) is 34.6 Å². The molecule has 8 heteroatoms. The van der Waals surface area contributed by atoms with Crippen molar-refractivity contribution in [3.8, 4) is 0 Å². The van der Waals surface area contributed by atoms with Crippen LogP contribution in [0.25, 0.3) is 0 Å². The molecule has 1 aromatic carbocycles. The Bertz CT molecular complexity index is 477. The highest BCUT2D eigenvalue weighted by molar-refractivity contribution is 5.95. The van der Waals surface area contributed by atoms with Crippen molar-refractivity contribution in [1.82, 2.24) is 5.32 Å². The molecule has 1 aromatic rings. The van der Waals surface area contributed by atoms with Crippen LogP contribution in [0.1, 0.15) is 23.7 Å². The highest BCUT2D eigenvalue weighted by Gasteiger charge is 2.29. The van der Waals surface area contributed by atoms with Gasteiger partial charge < -0.3 is 11.1 Å². The zero-order valence-corrected chi connectivity index (χ0v) is 9.87. The minimum absolute atomic E-state index is 0.193. The molecule has 0 bridgehead atoms. The second kappa shape index (κ2) is 5.96. The summed E-state index contributed by atoms with van der Waals surface area (Å²) in [6, 6.07) is -0.563. The Morgan fingerprint density at radius 3 is 1.89 bits per heavy atom. The van der Waals surface area contributed by atoms with Crippen LogP contribution in [0.15, 0.2) is 0 Å². The summed E-state index contributed by atoms with van der Waals surface area (Å²) in [5, 5.41) is 2.10. The molecule has 0 radical (unpaired) electrons. The fourth-order valence-corrected chi connectivity index (χ4v) is 1.42. The lowest BCUT2D eigenvalue weighted by Gasteiger charge is -2.14. The summed E-state index contributed by atoms with van der Waals surface area (Å²) >= 11 is 0. The van der Waals surface area contributed by atoms with E-state index in [-0.39, 0.29) is 6.54 Å². The number of carbonyl (C=O) groups excluding carboxylic acids is 1. The quantitative estimate of drug-likeness (QED) is 0.503. The third-order valence-corrected chi connectivity index (χ3v) is 2.41. The van der Waals surface area contributed by atoms with Gasteiger partial charge in [-0.3, -0.25) is 4.79 Å². The van der Waals surface area contributed by atoms with Crippen molar-refractivity contribution in [2.45, 2.75) is 19.4 Å². The number of amides is 1. The van der Waals surface area contributed by atoms with Gasteiger partial charge in [-0.15, -0.1) is 0 Å². The fraction of sp³-hybridized carbons (Fsp3) is 0.364. The number of carbonyl (C=O) groups is 1. The van der Waals surface area contributed by atoms with Crippen LogP contribution in [0.3, 0.4) is 0 Å². The average molecular weight is 282 g/mol.